The van der Waals surface area contributed by atoms with E-state index in [2.05, 4.69) is 10.5 Å². The number of esters is 1. The number of amides is 1. The van der Waals surface area contributed by atoms with Crippen molar-refractivity contribution in [3.05, 3.63) is 12.2 Å². The van der Waals surface area contributed by atoms with Crippen molar-refractivity contribution in [2.75, 3.05) is 0 Å². The van der Waals surface area contributed by atoms with E-state index < -0.39 is 11.9 Å². The third kappa shape index (κ3) is 4.51. The lowest BCUT2D eigenvalue weighted by Crippen LogP contribution is -2.07. The molecule has 0 fully saturated rings. The maximum Gasteiger partial charge on any atom is 0.338 e. The predicted octanol–water partition coefficient (Wildman–Crippen LogP) is -1.27. The van der Waals surface area contributed by atoms with Gasteiger partial charge in [0.2, 0.25) is 5.91 Å². The molecule has 0 unspecified atom stereocenters. The third-order valence-electron chi connectivity index (χ3n) is 0.548. The molecule has 0 bridgehead atoms. The SMILES string of the molecule is NC(=O)C=CC(=O)OC=O. The molecule has 0 aromatic rings. The first-order valence-electron chi connectivity index (χ1n) is 2.28. The van der Waals surface area contributed by atoms with Crippen molar-refractivity contribution in [3.63, 3.8) is 0 Å². The van der Waals surface area contributed by atoms with Gasteiger partial charge in [0.1, 0.15) is 0 Å². The van der Waals surface area contributed by atoms with Crippen molar-refractivity contribution in [2.45, 2.75) is 0 Å². The van der Waals surface area contributed by atoms with E-state index in [0.717, 1.165) is 12.2 Å². The van der Waals surface area contributed by atoms with E-state index in [0.29, 0.717) is 0 Å². The van der Waals surface area contributed by atoms with E-state index in [9.17, 15) is 14.4 Å². The van der Waals surface area contributed by atoms with Gasteiger partial charge in [-0.15, -0.1) is 0 Å². The lowest BCUT2D eigenvalue weighted by Gasteiger charge is -1.84. The molecule has 0 radical (unpaired) electrons. The second kappa shape index (κ2) is 4.25. The van der Waals surface area contributed by atoms with Gasteiger partial charge in [-0.05, 0) is 0 Å². The van der Waals surface area contributed by atoms with E-state index in [4.69, 9.17) is 0 Å². The van der Waals surface area contributed by atoms with Crippen LogP contribution in [0.5, 0.6) is 0 Å². The zero-order valence-corrected chi connectivity index (χ0v) is 4.94. The van der Waals surface area contributed by atoms with Gasteiger partial charge in [0.05, 0.1) is 0 Å². The molecule has 5 nitrogen and oxygen atoms in total. The number of carbonyl (C=O) groups excluding carboxylic acids is 3. The smallest absolute Gasteiger partial charge is 0.338 e. The summed E-state index contributed by atoms with van der Waals surface area (Å²) in [4.78, 5) is 29.6. The summed E-state index contributed by atoms with van der Waals surface area (Å²) in [6.07, 6.45) is 1.56. The van der Waals surface area contributed by atoms with Gasteiger partial charge in [0.25, 0.3) is 0 Å². The van der Waals surface area contributed by atoms with Gasteiger partial charge in [0, 0.05) is 12.2 Å². The van der Waals surface area contributed by atoms with Gasteiger partial charge in [-0.1, -0.05) is 0 Å². The summed E-state index contributed by atoms with van der Waals surface area (Å²) in [5, 5.41) is 0. The van der Waals surface area contributed by atoms with Crippen LogP contribution in [0.4, 0.5) is 0 Å². The first-order chi connectivity index (χ1) is 4.66. The molecule has 0 atom stereocenters. The molecule has 0 spiro atoms. The van der Waals surface area contributed by atoms with Crippen LogP contribution >= 0.6 is 0 Å². The molecule has 0 aromatic carbocycles. The highest BCUT2D eigenvalue weighted by atomic mass is 16.6. The summed E-state index contributed by atoms with van der Waals surface area (Å²) < 4.78 is 3.78. The summed E-state index contributed by atoms with van der Waals surface area (Å²) in [6, 6.07) is 0. The molecule has 0 aliphatic heterocycles. The van der Waals surface area contributed by atoms with Gasteiger partial charge in [-0.25, -0.2) is 4.79 Å². The normalized spacial score (nSPS) is 9.20. The van der Waals surface area contributed by atoms with Crippen molar-refractivity contribution in [1.82, 2.24) is 0 Å². The van der Waals surface area contributed by atoms with Crippen LogP contribution in [0.15, 0.2) is 12.2 Å². The summed E-state index contributed by atoms with van der Waals surface area (Å²) in [6.45, 7) is -0.0341. The van der Waals surface area contributed by atoms with Crippen molar-refractivity contribution in [2.24, 2.45) is 5.73 Å². The van der Waals surface area contributed by atoms with Gasteiger partial charge < -0.3 is 10.5 Å². The number of hydrogen-bond donors (Lipinski definition) is 1. The van der Waals surface area contributed by atoms with Crippen LogP contribution in [0.2, 0.25) is 0 Å². The molecule has 10 heavy (non-hydrogen) atoms. The summed E-state index contributed by atoms with van der Waals surface area (Å²) in [7, 11) is 0. The molecule has 2 N–H and O–H groups in total. The zero-order valence-electron chi connectivity index (χ0n) is 4.94. The number of hydrogen-bond acceptors (Lipinski definition) is 4. The molecular weight excluding hydrogens is 138 g/mol. The lowest BCUT2D eigenvalue weighted by molar-refractivity contribution is -0.147. The highest BCUT2D eigenvalue weighted by Crippen LogP contribution is 1.76. The first kappa shape index (κ1) is 8.35. The fraction of sp³-hybridized carbons (Fsp3) is 0. The average molecular weight is 143 g/mol. The van der Waals surface area contributed by atoms with Gasteiger partial charge >= 0.3 is 12.4 Å². The summed E-state index contributed by atoms with van der Waals surface area (Å²) >= 11 is 0. The van der Waals surface area contributed by atoms with Crippen molar-refractivity contribution in [1.29, 1.82) is 0 Å². The molecule has 0 aliphatic carbocycles. The van der Waals surface area contributed by atoms with Crippen LogP contribution in [0, 0.1) is 0 Å². The van der Waals surface area contributed by atoms with Crippen molar-refractivity contribution < 1.29 is 19.1 Å². The van der Waals surface area contributed by atoms with E-state index >= 15 is 0 Å². The van der Waals surface area contributed by atoms with Crippen molar-refractivity contribution in [3.8, 4) is 0 Å². The minimum Gasteiger partial charge on any atom is -0.392 e. The molecule has 0 aromatic heterocycles. The van der Waals surface area contributed by atoms with E-state index in [1.165, 1.54) is 0 Å². The van der Waals surface area contributed by atoms with Crippen LogP contribution in [0.1, 0.15) is 0 Å². The van der Waals surface area contributed by atoms with E-state index in [1.807, 2.05) is 0 Å². The lowest BCUT2D eigenvalue weighted by atomic mass is 10.5. The van der Waals surface area contributed by atoms with Gasteiger partial charge in [-0.3, -0.25) is 9.59 Å². The van der Waals surface area contributed by atoms with Crippen LogP contribution in [0.25, 0.3) is 0 Å². The topological polar surface area (TPSA) is 86.5 Å². The number of carbonyl (C=O) groups is 3. The van der Waals surface area contributed by atoms with Crippen LogP contribution < -0.4 is 5.73 Å². The molecule has 0 rings (SSSR count). The molecule has 54 valence electrons. The average Bonchev–Trinajstić information content (AvgIpc) is 1.85. The summed E-state index contributed by atoms with van der Waals surface area (Å²) in [5.74, 6) is -1.70. The largest absolute Gasteiger partial charge is 0.392 e. The number of nitrogens with two attached hydrogens (primary N) is 1. The zero-order chi connectivity index (χ0) is 7.98. The fourth-order valence-corrected chi connectivity index (χ4v) is 0.237. The Morgan fingerprint density at radius 3 is 2.30 bits per heavy atom. The predicted molar refractivity (Wildman–Crippen MR) is 30.5 cm³/mol. The molecule has 0 aliphatic rings. The Morgan fingerprint density at radius 2 is 1.90 bits per heavy atom. The first-order valence-corrected chi connectivity index (χ1v) is 2.28. The third-order valence-corrected chi connectivity index (χ3v) is 0.548. The fourth-order valence-electron chi connectivity index (χ4n) is 0.237. The number of primary amides is 1. The second-order valence-electron chi connectivity index (χ2n) is 1.27. The number of rotatable bonds is 3. The Balaban J connectivity index is 3.77. The molecule has 5 heteroatoms. The molecule has 0 saturated carbocycles. The molecule has 1 amide bonds. The van der Waals surface area contributed by atoms with Gasteiger partial charge in [0.15, 0.2) is 0 Å². The standard InChI is InChI=1S/C5H5NO4/c6-4(8)1-2-5(9)10-3-7/h1-3H,(H2,6,8). The quantitative estimate of drug-likeness (QED) is 0.231. The Morgan fingerprint density at radius 1 is 1.30 bits per heavy atom. The Labute approximate surface area is 56.4 Å². The minimum absolute atomic E-state index is 0.0341. The van der Waals surface area contributed by atoms with Crippen LogP contribution in [-0.4, -0.2) is 18.3 Å². The maximum absolute atomic E-state index is 10.2. The Hall–Kier alpha value is -1.65. The van der Waals surface area contributed by atoms with Crippen molar-refractivity contribution >= 4 is 18.3 Å². The maximum atomic E-state index is 10.2. The molecule has 0 saturated heterocycles. The Kier molecular flexibility index (Phi) is 3.55. The molecule has 0 heterocycles. The summed E-state index contributed by atoms with van der Waals surface area (Å²) in [5.41, 5.74) is 4.62. The van der Waals surface area contributed by atoms with Crippen LogP contribution in [-0.2, 0) is 19.1 Å². The van der Waals surface area contributed by atoms with E-state index in [-0.39, 0.29) is 6.47 Å². The highest BCUT2D eigenvalue weighted by molar-refractivity contribution is 5.95. The highest BCUT2D eigenvalue weighted by Gasteiger charge is 1.93. The van der Waals surface area contributed by atoms with Gasteiger partial charge in [-0.2, -0.15) is 0 Å². The number of ether oxygens (including phenoxy) is 1. The second-order valence-corrected chi connectivity index (χ2v) is 1.27. The Bertz CT molecular complexity index is 184. The molecular formula is C5H5NO4. The van der Waals surface area contributed by atoms with E-state index in [1.54, 1.807) is 0 Å². The minimum atomic E-state index is -0.922. The monoisotopic (exact) mass is 143 g/mol. The van der Waals surface area contributed by atoms with Crippen LogP contribution in [0.3, 0.4) is 0 Å².